The number of anilines is 2. The van der Waals surface area contributed by atoms with Gasteiger partial charge in [-0.2, -0.15) is 0 Å². The van der Waals surface area contributed by atoms with Gasteiger partial charge in [-0.1, -0.05) is 35.1 Å². The predicted molar refractivity (Wildman–Crippen MR) is 125 cm³/mol. The summed E-state index contributed by atoms with van der Waals surface area (Å²) in [5.74, 6) is 0.422. The minimum atomic E-state index is -0.317. The van der Waals surface area contributed by atoms with Crippen LogP contribution in [0.1, 0.15) is 33.6 Å². The number of amides is 3. The zero-order chi connectivity index (χ0) is 22.5. The van der Waals surface area contributed by atoms with Crippen molar-refractivity contribution in [1.82, 2.24) is 15.1 Å². The molecule has 1 aromatic heterocycles. The van der Waals surface area contributed by atoms with Crippen LogP contribution in [0.25, 0.3) is 0 Å². The molecule has 1 aliphatic heterocycles. The highest BCUT2D eigenvalue weighted by Crippen LogP contribution is 2.30. The Labute approximate surface area is 194 Å². The zero-order valence-corrected chi connectivity index (χ0v) is 18.9. The Hall–Kier alpha value is -3.17. The van der Waals surface area contributed by atoms with E-state index in [9.17, 15) is 9.59 Å². The van der Waals surface area contributed by atoms with E-state index in [1.807, 2.05) is 12.1 Å². The fourth-order valence-corrected chi connectivity index (χ4v) is 4.52. The van der Waals surface area contributed by atoms with Gasteiger partial charge in [0.05, 0.1) is 17.8 Å². The van der Waals surface area contributed by atoms with Crippen LogP contribution in [0.15, 0.2) is 48.5 Å². The van der Waals surface area contributed by atoms with Crippen molar-refractivity contribution in [3.63, 3.8) is 0 Å². The molecule has 8 nitrogen and oxygen atoms in total. The number of ether oxygens (including phenoxy) is 1. The van der Waals surface area contributed by atoms with Gasteiger partial charge in [-0.3, -0.25) is 4.79 Å². The monoisotopic (exact) mass is 471 g/mol. The summed E-state index contributed by atoms with van der Waals surface area (Å²) < 4.78 is 5.12. The van der Waals surface area contributed by atoms with E-state index in [-0.39, 0.29) is 22.9 Å². The van der Waals surface area contributed by atoms with Gasteiger partial charge in [0.2, 0.25) is 5.01 Å². The van der Waals surface area contributed by atoms with Gasteiger partial charge >= 0.3 is 6.03 Å². The molecule has 0 radical (unpaired) electrons. The Morgan fingerprint density at radius 3 is 2.66 bits per heavy atom. The van der Waals surface area contributed by atoms with E-state index in [2.05, 4.69) is 20.8 Å². The van der Waals surface area contributed by atoms with Crippen LogP contribution < -0.4 is 15.4 Å². The van der Waals surface area contributed by atoms with Gasteiger partial charge in [-0.25, -0.2) is 4.79 Å². The average Bonchev–Trinajstić information content (AvgIpc) is 3.32. The van der Waals surface area contributed by atoms with Gasteiger partial charge in [-0.05, 0) is 49.2 Å². The number of piperidine rings is 1. The molecule has 1 aliphatic rings. The summed E-state index contributed by atoms with van der Waals surface area (Å²) >= 11 is 7.40. The maximum Gasteiger partial charge on any atom is 0.321 e. The summed E-state index contributed by atoms with van der Waals surface area (Å²) in [5, 5.41) is 15.5. The third kappa shape index (κ3) is 5.17. The quantitative estimate of drug-likeness (QED) is 0.553. The molecule has 1 atom stereocenters. The molecular formula is C22H22ClN5O3S. The lowest BCUT2D eigenvalue weighted by Crippen LogP contribution is -2.41. The number of carbonyl (C=O) groups is 2. The van der Waals surface area contributed by atoms with E-state index in [1.54, 1.807) is 48.4 Å². The number of benzene rings is 2. The first-order chi connectivity index (χ1) is 15.5. The Kier molecular flexibility index (Phi) is 6.87. The molecule has 2 aromatic carbocycles. The molecule has 0 spiro atoms. The number of hydrogen-bond acceptors (Lipinski definition) is 6. The van der Waals surface area contributed by atoms with Gasteiger partial charge in [0.25, 0.3) is 5.91 Å². The molecule has 2 N–H and O–H groups in total. The Balaban J connectivity index is 1.38. The van der Waals surface area contributed by atoms with Crippen LogP contribution in [0.4, 0.5) is 16.2 Å². The first-order valence-corrected chi connectivity index (χ1v) is 11.3. The number of urea groups is 1. The van der Waals surface area contributed by atoms with Crippen molar-refractivity contribution in [3.05, 3.63) is 63.6 Å². The smallest absolute Gasteiger partial charge is 0.321 e. The Morgan fingerprint density at radius 2 is 1.91 bits per heavy atom. The van der Waals surface area contributed by atoms with Crippen LogP contribution in [0.5, 0.6) is 5.75 Å². The predicted octanol–water partition coefficient (Wildman–Crippen LogP) is 4.86. The molecule has 32 heavy (non-hydrogen) atoms. The molecule has 2 heterocycles. The molecule has 0 saturated carbocycles. The second kappa shape index (κ2) is 9.97. The largest absolute Gasteiger partial charge is 0.497 e. The fourth-order valence-electron chi connectivity index (χ4n) is 3.47. The fraction of sp³-hybridized carbons (Fsp3) is 0.273. The number of methoxy groups -OCH3 is 1. The van der Waals surface area contributed by atoms with Gasteiger partial charge in [0, 0.05) is 24.7 Å². The summed E-state index contributed by atoms with van der Waals surface area (Å²) in [4.78, 5) is 27.0. The molecule has 166 valence electrons. The van der Waals surface area contributed by atoms with E-state index in [4.69, 9.17) is 16.3 Å². The molecule has 4 rings (SSSR count). The topological polar surface area (TPSA) is 96.4 Å². The Bertz CT molecular complexity index is 1100. The maximum absolute atomic E-state index is 12.7. The summed E-state index contributed by atoms with van der Waals surface area (Å²) in [6, 6.07) is 14.0. The number of hydrogen-bond donors (Lipinski definition) is 2. The summed E-state index contributed by atoms with van der Waals surface area (Å²) in [6.45, 7) is 1.15. The maximum atomic E-state index is 12.7. The van der Waals surface area contributed by atoms with Crippen molar-refractivity contribution in [2.45, 2.75) is 18.8 Å². The summed E-state index contributed by atoms with van der Waals surface area (Å²) in [5.41, 5.74) is 1.22. The SMILES string of the molecule is COc1ccc(NC(=O)c2nnc([C@@H]3CCCN(C(=O)Nc4ccccc4Cl)C3)s2)cc1. The van der Waals surface area contributed by atoms with Crippen molar-refractivity contribution >= 4 is 46.3 Å². The lowest BCUT2D eigenvalue weighted by molar-refractivity contribution is 0.102. The summed E-state index contributed by atoms with van der Waals surface area (Å²) in [6.07, 6.45) is 1.72. The van der Waals surface area contributed by atoms with E-state index in [0.29, 0.717) is 35.2 Å². The van der Waals surface area contributed by atoms with Crippen molar-refractivity contribution in [2.24, 2.45) is 0 Å². The highest BCUT2D eigenvalue weighted by Gasteiger charge is 2.28. The van der Waals surface area contributed by atoms with Gasteiger partial charge < -0.3 is 20.3 Å². The van der Waals surface area contributed by atoms with Crippen molar-refractivity contribution < 1.29 is 14.3 Å². The molecule has 10 heteroatoms. The average molecular weight is 472 g/mol. The molecule has 0 bridgehead atoms. The zero-order valence-electron chi connectivity index (χ0n) is 17.4. The van der Waals surface area contributed by atoms with Crippen LogP contribution in [-0.2, 0) is 0 Å². The number of nitrogens with one attached hydrogen (secondary N) is 2. The number of carbonyl (C=O) groups excluding carboxylic acids is 2. The number of likely N-dealkylation sites (tertiary alicyclic amines) is 1. The third-order valence-electron chi connectivity index (χ3n) is 5.16. The molecule has 3 aromatic rings. The Morgan fingerprint density at radius 1 is 1.12 bits per heavy atom. The van der Waals surface area contributed by atoms with Gasteiger partial charge in [0.1, 0.15) is 10.8 Å². The second-order valence-corrected chi connectivity index (χ2v) is 8.74. The number of para-hydroxylation sites is 1. The van der Waals surface area contributed by atoms with Crippen molar-refractivity contribution in [3.8, 4) is 5.75 Å². The molecule has 1 fully saturated rings. The molecule has 0 unspecified atom stereocenters. The highest BCUT2D eigenvalue weighted by molar-refractivity contribution is 7.13. The van der Waals surface area contributed by atoms with Gasteiger partial charge in [-0.15, -0.1) is 10.2 Å². The number of nitrogens with zero attached hydrogens (tertiary/aromatic N) is 3. The molecule has 3 amide bonds. The highest BCUT2D eigenvalue weighted by atomic mass is 35.5. The molecular weight excluding hydrogens is 450 g/mol. The standard InChI is InChI=1S/C22H22ClN5O3S/c1-31-16-10-8-15(9-11-16)24-19(29)21-27-26-20(32-21)14-5-4-12-28(13-14)22(30)25-18-7-3-2-6-17(18)23/h2-3,6-11,14H,4-5,12-13H2,1H3,(H,24,29)(H,25,30)/t14-/m1/s1. The second-order valence-electron chi connectivity index (χ2n) is 7.32. The number of halogens is 1. The molecule has 1 saturated heterocycles. The van der Waals surface area contributed by atoms with E-state index >= 15 is 0 Å². The number of rotatable bonds is 5. The lowest BCUT2D eigenvalue weighted by atomic mass is 9.99. The van der Waals surface area contributed by atoms with E-state index < -0.39 is 0 Å². The third-order valence-corrected chi connectivity index (χ3v) is 6.57. The minimum Gasteiger partial charge on any atom is -0.497 e. The van der Waals surface area contributed by atoms with Crippen LogP contribution >= 0.6 is 22.9 Å². The van der Waals surface area contributed by atoms with Crippen molar-refractivity contribution in [2.75, 3.05) is 30.8 Å². The normalized spacial score (nSPS) is 15.8. The van der Waals surface area contributed by atoms with Crippen LogP contribution in [0.3, 0.4) is 0 Å². The van der Waals surface area contributed by atoms with E-state index in [0.717, 1.165) is 17.8 Å². The number of aromatic nitrogens is 2. The summed E-state index contributed by atoms with van der Waals surface area (Å²) in [7, 11) is 1.59. The van der Waals surface area contributed by atoms with Crippen LogP contribution in [0.2, 0.25) is 5.02 Å². The minimum absolute atomic E-state index is 0.0285. The first-order valence-electron chi connectivity index (χ1n) is 10.1. The van der Waals surface area contributed by atoms with E-state index in [1.165, 1.54) is 11.3 Å². The lowest BCUT2D eigenvalue weighted by Gasteiger charge is -2.31. The van der Waals surface area contributed by atoms with Crippen molar-refractivity contribution in [1.29, 1.82) is 0 Å². The van der Waals surface area contributed by atoms with Crippen LogP contribution in [-0.4, -0.2) is 47.2 Å². The van der Waals surface area contributed by atoms with Crippen LogP contribution in [0, 0.1) is 0 Å². The molecule has 0 aliphatic carbocycles. The first kappa shape index (κ1) is 22.0. The van der Waals surface area contributed by atoms with Gasteiger partial charge in [0.15, 0.2) is 0 Å².